The summed E-state index contributed by atoms with van der Waals surface area (Å²) in [6.45, 7) is 6.55. The van der Waals surface area contributed by atoms with Crippen molar-refractivity contribution in [2.75, 3.05) is 13.2 Å². The second-order valence-corrected chi connectivity index (χ2v) is 22.3. The molecule has 0 aromatic heterocycles. The molecule has 6 nitrogen and oxygen atoms in total. The number of unbranched alkanes of at least 4 members (excludes halogenated alkanes) is 36. The number of hydrogen-bond donors (Lipinski definition) is 0. The largest absolute Gasteiger partial charge is 0.462 e. The summed E-state index contributed by atoms with van der Waals surface area (Å²) in [5, 5.41) is 0. The number of rotatable bonds is 61. The molecule has 0 saturated carbocycles. The van der Waals surface area contributed by atoms with Crippen molar-refractivity contribution in [3.8, 4) is 0 Å². The molecule has 78 heavy (non-hydrogen) atoms. The van der Waals surface area contributed by atoms with Crippen LogP contribution in [0.15, 0.2) is 85.1 Å². The highest BCUT2D eigenvalue weighted by atomic mass is 16.6. The van der Waals surface area contributed by atoms with Gasteiger partial charge in [-0.15, -0.1) is 0 Å². The van der Waals surface area contributed by atoms with E-state index in [1.807, 2.05) is 0 Å². The maximum absolute atomic E-state index is 12.9. The molecule has 0 rings (SSSR count). The Kier molecular flexibility index (Phi) is 63.2. The van der Waals surface area contributed by atoms with Crippen LogP contribution in [-0.2, 0) is 28.6 Å². The van der Waals surface area contributed by atoms with Gasteiger partial charge in [0.1, 0.15) is 13.2 Å². The number of ether oxygens (including phenoxy) is 3. The van der Waals surface area contributed by atoms with Gasteiger partial charge >= 0.3 is 17.9 Å². The molecule has 1 atom stereocenters. The van der Waals surface area contributed by atoms with E-state index in [-0.39, 0.29) is 31.1 Å². The van der Waals surface area contributed by atoms with Crippen LogP contribution in [0.2, 0.25) is 0 Å². The van der Waals surface area contributed by atoms with Gasteiger partial charge in [-0.05, 0) is 116 Å². The molecule has 0 fully saturated rings. The first kappa shape index (κ1) is 74.6. The molecule has 6 heteroatoms. The van der Waals surface area contributed by atoms with Crippen LogP contribution in [0.3, 0.4) is 0 Å². The van der Waals surface area contributed by atoms with E-state index >= 15 is 0 Å². The molecule has 0 N–H and O–H groups in total. The summed E-state index contributed by atoms with van der Waals surface area (Å²) in [7, 11) is 0. The molecule has 0 aliphatic heterocycles. The van der Waals surface area contributed by atoms with Gasteiger partial charge in [-0.1, -0.05) is 286 Å². The molecule has 0 aromatic rings. The second-order valence-electron chi connectivity index (χ2n) is 22.3. The lowest BCUT2D eigenvalue weighted by Gasteiger charge is -2.18. The van der Waals surface area contributed by atoms with Crippen LogP contribution in [0, 0.1) is 0 Å². The fraction of sp³-hybridized carbons (Fsp3) is 0.764. The molecule has 0 heterocycles. The van der Waals surface area contributed by atoms with Gasteiger partial charge in [0.05, 0.1) is 0 Å². The van der Waals surface area contributed by atoms with Crippen LogP contribution < -0.4 is 0 Å². The van der Waals surface area contributed by atoms with E-state index in [9.17, 15) is 14.4 Å². The molecule has 0 spiro atoms. The first-order valence-corrected chi connectivity index (χ1v) is 33.6. The van der Waals surface area contributed by atoms with Gasteiger partial charge in [-0.3, -0.25) is 14.4 Å². The maximum atomic E-state index is 12.9. The Hall–Kier alpha value is -3.41. The molecular weight excluding hydrogens is 961 g/mol. The van der Waals surface area contributed by atoms with Crippen molar-refractivity contribution in [1.29, 1.82) is 0 Å². The summed E-state index contributed by atoms with van der Waals surface area (Å²) in [6, 6.07) is 0. The van der Waals surface area contributed by atoms with E-state index in [1.165, 1.54) is 199 Å². The van der Waals surface area contributed by atoms with Gasteiger partial charge in [0.25, 0.3) is 0 Å². The lowest BCUT2D eigenvalue weighted by atomic mass is 10.1. The van der Waals surface area contributed by atoms with E-state index < -0.39 is 6.10 Å². The van der Waals surface area contributed by atoms with Crippen molar-refractivity contribution in [2.45, 2.75) is 341 Å². The Balaban J connectivity index is 4.39. The minimum atomic E-state index is -0.786. The summed E-state index contributed by atoms with van der Waals surface area (Å²) < 4.78 is 17.0. The fourth-order valence-electron chi connectivity index (χ4n) is 9.58. The van der Waals surface area contributed by atoms with E-state index in [2.05, 4.69) is 106 Å². The van der Waals surface area contributed by atoms with Gasteiger partial charge < -0.3 is 14.2 Å². The third kappa shape index (κ3) is 63.4. The average molecular weight is 1090 g/mol. The lowest BCUT2D eigenvalue weighted by molar-refractivity contribution is -0.167. The standard InChI is InChI=1S/C72H126O6/c1-4-7-10-13-16-19-22-25-28-31-34-35-36-37-39-41-44-47-50-53-56-59-62-65-71(74)77-68-69(67-76-70(73)64-61-58-55-52-49-46-43-40-33-30-27-24-21-18-15-12-9-6-3)78-72(75)66-63-60-57-54-51-48-45-42-38-32-29-26-23-20-17-14-11-8-5-2/h7,10,16,19,25-26,28-30,33-35,37,39,69H,4-6,8-9,11-15,17-18,20-24,27,31-32,36,38,40-68H2,1-3H3/b10-7-,19-16-,28-25-,29-26-,33-30-,35-34-,39-37-. The van der Waals surface area contributed by atoms with Crippen molar-refractivity contribution in [3.63, 3.8) is 0 Å². The van der Waals surface area contributed by atoms with Crippen molar-refractivity contribution >= 4 is 17.9 Å². The zero-order chi connectivity index (χ0) is 56.4. The molecule has 1 unspecified atom stereocenters. The van der Waals surface area contributed by atoms with Crippen molar-refractivity contribution in [2.24, 2.45) is 0 Å². The highest BCUT2D eigenvalue weighted by molar-refractivity contribution is 5.71. The Labute approximate surface area is 484 Å². The molecule has 0 aromatic carbocycles. The summed E-state index contributed by atoms with van der Waals surface area (Å²) in [4.78, 5) is 38.4. The second kappa shape index (κ2) is 66.1. The topological polar surface area (TPSA) is 78.9 Å². The monoisotopic (exact) mass is 1090 g/mol. The van der Waals surface area contributed by atoms with Crippen LogP contribution in [0.4, 0.5) is 0 Å². The Bertz CT molecular complexity index is 1480. The SMILES string of the molecule is CC/C=C\C/C=C\C/C=C\C/C=C\C/C=C\CCCCCCCCCC(=O)OCC(COC(=O)CCCCCCCCC/C=C\CCCCCCCCC)OC(=O)CCCCCCCCCCC/C=C\CCCCCCCC. The molecule has 0 amide bonds. The number of allylic oxidation sites excluding steroid dienone is 14. The zero-order valence-electron chi connectivity index (χ0n) is 51.7. The summed E-state index contributed by atoms with van der Waals surface area (Å²) >= 11 is 0. The highest BCUT2D eigenvalue weighted by Gasteiger charge is 2.19. The predicted molar refractivity (Wildman–Crippen MR) is 339 cm³/mol. The number of carbonyl (C=O) groups is 3. The summed E-state index contributed by atoms with van der Waals surface area (Å²) in [5.74, 6) is -0.883. The Morgan fingerprint density at radius 2 is 0.500 bits per heavy atom. The van der Waals surface area contributed by atoms with Gasteiger partial charge in [-0.2, -0.15) is 0 Å². The van der Waals surface area contributed by atoms with Crippen molar-refractivity contribution < 1.29 is 28.6 Å². The Morgan fingerprint density at radius 3 is 0.795 bits per heavy atom. The quantitative estimate of drug-likeness (QED) is 0.0261. The predicted octanol–water partition coefficient (Wildman–Crippen LogP) is 23.1. The molecule has 450 valence electrons. The first-order valence-electron chi connectivity index (χ1n) is 33.6. The maximum Gasteiger partial charge on any atom is 0.306 e. The van der Waals surface area contributed by atoms with Crippen molar-refractivity contribution in [1.82, 2.24) is 0 Å². The fourth-order valence-corrected chi connectivity index (χ4v) is 9.58. The number of hydrogen-bond acceptors (Lipinski definition) is 6. The third-order valence-electron chi connectivity index (χ3n) is 14.6. The first-order chi connectivity index (χ1) is 38.5. The normalized spacial score (nSPS) is 12.6. The minimum Gasteiger partial charge on any atom is -0.462 e. The van der Waals surface area contributed by atoms with Crippen LogP contribution in [0.1, 0.15) is 335 Å². The lowest BCUT2D eigenvalue weighted by Crippen LogP contribution is -2.30. The van der Waals surface area contributed by atoms with Crippen LogP contribution in [-0.4, -0.2) is 37.2 Å². The van der Waals surface area contributed by atoms with Crippen molar-refractivity contribution in [3.05, 3.63) is 85.1 Å². The Morgan fingerprint density at radius 1 is 0.269 bits per heavy atom. The summed E-state index contributed by atoms with van der Waals surface area (Å²) in [6.07, 6.45) is 87.3. The molecule has 0 saturated heterocycles. The van der Waals surface area contributed by atoms with Crippen LogP contribution in [0.5, 0.6) is 0 Å². The van der Waals surface area contributed by atoms with E-state index in [0.717, 1.165) is 96.3 Å². The molecular formula is C72H126O6. The number of esters is 3. The zero-order valence-corrected chi connectivity index (χ0v) is 51.7. The van der Waals surface area contributed by atoms with E-state index in [4.69, 9.17) is 14.2 Å². The molecule has 0 aliphatic carbocycles. The highest BCUT2D eigenvalue weighted by Crippen LogP contribution is 2.16. The minimum absolute atomic E-state index is 0.0814. The van der Waals surface area contributed by atoms with E-state index in [1.54, 1.807) is 0 Å². The van der Waals surface area contributed by atoms with Crippen LogP contribution >= 0.6 is 0 Å². The van der Waals surface area contributed by atoms with Gasteiger partial charge in [0.15, 0.2) is 6.10 Å². The van der Waals surface area contributed by atoms with E-state index in [0.29, 0.717) is 19.3 Å². The average Bonchev–Trinajstić information content (AvgIpc) is 3.44. The molecule has 0 radical (unpaired) electrons. The summed E-state index contributed by atoms with van der Waals surface area (Å²) in [5.41, 5.74) is 0. The smallest absolute Gasteiger partial charge is 0.306 e. The van der Waals surface area contributed by atoms with Gasteiger partial charge in [0.2, 0.25) is 0 Å². The molecule has 0 aliphatic rings. The van der Waals surface area contributed by atoms with Crippen LogP contribution in [0.25, 0.3) is 0 Å². The number of carbonyl (C=O) groups excluding carboxylic acids is 3. The van der Waals surface area contributed by atoms with Gasteiger partial charge in [0, 0.05) is 19.3 Å². The third-order valence-corrected chi connectivity index (χ3v) is 14.6. The molecule has 0 bridgehead atoms. The van der Waals surface area contributed by atoms with Gasteiger partial charge in [-0.25, -0.2) is 0 Å².